The predicted molar refractivity (Wildman–Crippen MR) is 107 cm³/mol. The Morgan fingerprint density at radius 3 is 2.71 bits per heavy atom. The van der Waals surface area contributed by atoms with Crippen LogP contribution in [0.15, 0.2) is 24.3 Å². The third-order valence-electron chi connectivity index (χ3n) is 7.76. The minimum atomic E-state index is -0.668. The molecule has 1 aromatic rings. The van der Waals surface area contributed by atoms with Crippen molar-refractivity contribution in [1.82, 2.24) is 0 Å². The van der Waals surface area contributed by atoms with E-state index < -0.39 is 11.4 Å². The second-order valence-corrected chi connectivity index (χ2v) is 9.96. The summed E-state index contributed by atoms with van der Waals surface area (Å²) in [5.74, 6) is 1.33. The van der Waals surface area contributed by atoms with Crippen LogP contribution in [-0.2, 0) is 25.7 Å². The Balaban J connectivity index is 1.33. The molecule has 6 rings (SSSR count). The lowest BCUT2D eigenvalue weighted by Gasteiger charge is -2.59. The lowest BCUT2D eigenvalue weighted by molar-refractivity contribution is -0.567. The quantitative estimate of drug-likeness (QED) is 0.616. The minimum Gasteiger partial charge on any atom is -0.349 e. The maximum Gasteiger partial charge on any atom is 0.201 e. The molecule has 0 unspecified atom stereocenters. The zero-order chi connectivity index (χ0) is 19.4. The Morgan fingerprint density at radius 1 is 1.07 bits per heavy atom. The molecule has 4 heterocycles. The largest absolute Gasteiger partial charge is 0.349 e. The molecule has 1 aliphatic carbocycles. The van der Waals surface area contributed by atoms with Gasteiger partial charge in [0, 0.05) is 17.4 Å². The van der Waals surface area contributed by atoms with Gasteiger partial charge in [0.05, 0.1) is 6.61 Å². The summed E-state index contributed by atoms with van der Waals surface area (Å²) in [7, 11) is 0. The molecule has 4 aliphatic heterocycles. The molecule has 154 valence electrons. The molecule has 7 atom stereocenters. The molecule has 0 N–H and O–H groups in total. The fraction of sp³-hybridized carbons (Fsp3) is 0.739. The Kier molecular flexibility index (Phi) is 5.00. The number of hydrogen-bond donors (Lipinski definition) is 0. The SMILES string of the molecule is C[C@@H]1CC[C@H]2[C@@H](CCCc3ccc(Cl)cc3)CO[C@H]3O[C@@]4(C)CC[C@@H]1[C@]32OO4. The summed E-state index contributed by atoms with van der Waals surface area (Å²) in [5.41, 5.74) is 0.912. The number of rotatable bonds is 4. The van der Waals surface area contributed by atoms with Crippen LogP contribution in [0, 0.1) is 23.7 Å². The van der Waals surface area contributed by atoms with E-state index in [-0.39, 0.29) is 6.29 Å². The summed E-state index contributed by atoms with van der Waals surface area (Å²) in [6.45, 7) is 5.11. The number of benzene rings is 1. The minimum absolute atomic E-state index is 0.293. The van der Waals surface area contributed by atoms with Crippen molar-refractivity contribution < 1.29 is 19.2 Å². The van der Waals surface area contributed by atoms with Gasteiger partial charge in [0.2, 0.25) is 5.79 Å². The smallest absolute Gasteiger partial charge is 0.201 e. The molecule has 0 radical (unpaired) electrons. The van der Waals surface area contributed by atoms with Gasteiger partial charge in [0.15, 0.2) is 11.9 Å². The average molecular weight is 407 g/mol. The van der Waals surface area contributed by atoms with Gasteiger partial charge in [-0.2, -0.15) is 0 Å². The van der Waals surface area contributed by atoms with Gasteiger partial charge in [-0.05, 0) is 80.9 Å². The van der Waals surface area contributed by atoms with Gasteiger partial charge in [-0.15, -0.1) is 0 Å². The highest BCUT2D eigenvalue weighted by molar-refractivity contribution is 6.30. The van der Waals surface area contributed by atoms with Gasteiger partial charge in [-0.25, -0.2) is 9.78 Å². The van der Waals surface area contributed by atoms with Crippen LogP contribution in [0.1, 0.15) is 57.9 Å². The number of fused-ring (bicyclic) bond motifs is 2. The molecule has 1 saturated carbocycles. The molecule has 5 fully saturated rings. The van der Waals surface area contributed by atoms with Gasteiger partial charge >= 0.3 is 0 Å². The van der Waals surface area contributed by atoms with Crippen LogP contribution in [-0.4, -0.2) is 24.3 Å². The van der Waals surface area contributed by atoms with Crippen molar-refractivity contribution in [2.45, 2.75) is 76.5 Å². The van der Waals surface area contributed by atoms with Gasteiger partial charge in [0.25, 0.3) is 0 Å². The molecule has 28 heavy (non-hydrogen) atoms. The van der Waals surface area contributed by atoms with Crippen molar-refractivity contribution in [2.75, 3.05) is 6.61 Å². The van der Waals surface area contributed by atoms with E-state index in [2.05, 4.69) is 19.1 Å². The number of ether oxygens (including phenoxy) is 2. The molecule has 4 saturated heterocycles. The lowest BCUT2D eigenvalue weighted by atomic mass is 9.57. The van der Waals surface area contributed by atoms with Crippen LogP contribution in [0.25, 0.3) is 0 Å². The van der Waals surface area contributed by atoms with E-state index in [1.165, 1.54) is 18.4 Å². The van der Waals surface area contributed by atoms with Crippen LogP contribution in [0.2, 0.25) is 5.02 Å². The Morgan fingerprint density at radius 2 is 1.89 bits per heavy atom. The molecule has 1 spiro atoms. The van der Waals surface area contributed by atoms with Crippen LogP contribution >= 0.6 is 11.6 Å². The van der Waals surface area contributed by atoms with E-state index in [9.17, 15) is 0 Å². The Labute approximate surface area is 172 Å². The normalized spacial score (nSPS) is 44.8. The summed E-state index contributed by atoms with van der Waals surface area (Å²) < 4.78 is 12.7. The third kappa shape index (κ3) is 3.13. The van der Waals surface area contributed by atoms with Gasteiger partial charge in [-0.1, -0.05) is 30.7 Å². The molecule has 5 aliphatic rings. The molecular formula is C23H31ClO4. The van der Waals surface area contributed by atoms with Gasteiger partial charge in [0.1, 0.15) is 0 Å². The van der Waals surface area contributed by atoms with Crippen LogP contribution in [0.4, 0.5) is 0 Å². The Hall–Kier alpha value is -0.650. The second kappa shape index (κ2) is 7.24. The summed E-state index contributed by atoms with van der Waals surface area (Å²) in [6, 6.07) is 8.21. The molecular weight excluding hydrogens is 376 g/mol. The molecule has 0 amide bonds. The van der Waals surface area contributed by atoms with Gasteiger partial charge < -0.3 is 9.47 Å². The maximum absolute atomic E-state index is 6.33. The molecule has 1 aromatic carbocycles. The van der Waals surface area contributed by atoms with E-state index in [0.29, 0.717) is 23.7 Å². The van der Waals surface area contributed by atoms with Crippen molar-refractivity contribution in [3.63, 3.8) is 0 Å². The van der Waals surface area contributed by atoms with E-state index >= 15 is 0 Å². The van der Waals surface area contributed by atoms with Crippen LogP contribution in [0.5, 0.6) is 0 Å². The second-order valence-electron chi connectivity index (χ2n) is 9.52. The first-order valence-corrected chi connectivity index (χ1v) is 11.3. The summed E-state index contributed by atoms with van der Waals surface area (Å²) >= 11 is 6.01. The van der Waals surface area contributed by atoms with Crippen molar-refractivity contribution in [3.05, 3.63) is 34.9 Å². The maximum atomic E-state index is 6.33. The van der Waals surface area contributed by atoms with Crippen molar-refractivity contribution in [3.8, 4) is 0 Å². The summed E-state index contributed by atoms with van der Waals surface area (Å²) in [4.78, 5) is 12.1. The highest BCUT2D eigenvalue weighted by Crippen LogP contribution is 2.60. The average Bonchev–Trinajstić information content (AvgIpc) is 2.92. The third-order valence-corrected chi connectivity index (χ3v) is 8.01. The van der Waals surface area contributed by atoms with Crippen molar-refractivity contribution in [1.29, 1.82) is 0 Å². The van der Waals surface area contributed by atoms with E-state index in [1.54, 1.807) is 0 Å². The fourth-order valence-electron chi connectivity index (χ4n) is 6.23. The first-order valence-electron chi connectivity index (χ1n) is 10.9. The summed E-state index contributed by atoms with van der Waals surface area (Å²) in [5, 5.41) is 0.798. The van der Waals surface area contributed by atoms with E-state index in [1.807, 2.05) is 19.1 Å². The number of aryl methyl sites for hydroxylation is 1. The first-order chi connectivity index (χ1) is 13.5. The zero-order valence-corrected chi connectivity index (χ0v) is 17.6. The van der Waals surface area contributed by atoms with E-state index in [4.69, 9.17) is 30.8 Å². The standard InChI is InChI=1S/C23H31ClO4/c1-15-6-11-20-17(5-3-4-16-7-9-18(24)10-8-16)14-25-21-23(20)19(15)12-13-22(2,26-21)27-28-23/h7-10,15,17,19-21H,3-6,11-14H2,1-2H3/t15-,17+,19+,20+,21+,22-,23-/m1/s1. The van der Waals surface area contributed by atoms with E-state index in [0.717, 1.165) is 43.7 Å². The molecule has 2 bridgehead atoms. The van der Waals surface area contributed by atoms with Crippen molar-refractivity contribution in [2.24, 2.45) is 23.7 Å². The highest BCUT2D eigenvalue weighted by Gasteiger charge is 2.68. The monoisotopic (exact) mass is 406 g/mol. The van der Waals surface area contributed by atoms with Crippen molar-refractivity contribution >= 4 is 11.6 Å². The zero-order valence-electron chi connectivity index (χ0n) is 16.9. The summed E-state index contributed by atoms with van der Waals surface area (Å²) in [6.07, 6.45) is 7.46. The van der Waals surface area contributed by atoms with Gasteiger partial charge in [-0.3, -0.25) is 0 Å². The molecule has 4 nitrogen and oxygen atoms in total. The molecule has 5 heteroatoms. The fourth-order valence-corrected chi connectivity index (χ4v) is 6.35. The highest BCUT2D eigenvalue weighted by atomic mass is 35.5. The molecule has 0 aromatic heterocycles. The van der Waals surface area contributed by atoms with Crippen LogP contribution < -0.4 is 0 Å². The predicted octanol–water partition coefficient (Wildman–Crippen LogP) is 5.52. The number of halogens is 1. The van der Waals surface area contributed by atoms with Crippen LogP contribution in [0.3, 0.4) is 0 Å². The Bertz CT molecular complexity index is 709. The number of hydrogen-bond acceptors (Lipinski definition) is 4. The first kappa shape index (κ1) is 19.3. The lowest BCUT2D eigenvalue weighted by Crippen LogP contribution is -2.69. The topological polar surface area (TPSA) is 36.9 Å².